The monoisotopic (exact) mass is 297 g/mol. The first kappa shape index (κ1) is 17.3. The Bertz CT molecular complexity index is 421. The Morgan fingerprint density at radius 3 is 2.65 bits per heavy atom. The minimum Gasteiger partial charge on any atom is -0.491 e. The fraction of sp³-hybridized carbons (Fsp3) is 0.625. The van der Waals surface area contributed by atoms with Gasteiger partial charge in [-0.1, -0.05) is 17.7 Å². The fourth-order valence-corrected chi connectivity index (χ4v) is 2.06. The lowest BCUT2D eigenvalue weighted by Crippen LogP contribution is -2.38. The SMILES string of the molecule is CSC(C)(C)CNCC(O)COc1ccc(C)cc1C. The van der Waals surface area contributed by atoms with Crippen molar-refractivity contribution in [1.82, 2.24) is 5.32 Å². The molecule has 0 aromatic heterocycles. The molecule has 1 rings (SSSR count). The smallest absolute Gasteiger partial charge is 0.122 e. The predicted molar refractivity (Wildman–Crippen MR) is 87.9 cm³/mol. The molecule has 0 bridgehead atoms. The summed E-state index contributed by atoms with van der Waals surface area (Å²) in [7, 11) is 0. The van der Waals surface area contributed by atoms with Crippen molar-refractivity contribution < 1.29 is 9.84 Å². The summed E-state index contributed by atoms with van der Waals surface area (Å²) in [4.78, 5) is 0. The number of hydrogen-bond donors (Lipinski definition) is 2. The number of ether oxygens (including phenoxy) is 1. The van der Waals surface area contributed by atoms with Gasteiger partial charge in [-0.3, -0.25) is 0 Å². The second kappa shape index (κ2) is 7.91. The van der Waals surface area contributed by atoms with Gasteiger partial charge in [0.05, 0.1) is 0 Å². The van der Waals surface area contributed by atoms with Crippen LogP contribution in [-0.4, -0.2) is 41.9 Å². The maximum Gasteiger partial charge on any atom is 0.122 e. The van der Waals surface area contributed by atoms with Crippen molar-refractivity contribution in [3.63, 3.8) is 0 Å². The second-order valence-corrected chi connectivity index (χ2v) is 7.34. The Morgan fingerprint density at radius 1 is 1.35 bits per heavy atom. The number of benzene rings is 1. The molecule has 1 aromatic carbocycles. The second-order valence-electron chi connectivity index (χ2n) is 5.83. The van der Waals surface area contributed by atoms with Crippen molar-refractivity contribution in [3.05, 3.63) is 29.3 Å². The number of aliphatic hydroxyl groups is 1. The molecule has 0 aliphatic carbocycles. The van der Waals surface area contributed by atoms with Crippen molar-refractivity contribution in [1.29, 1.82) is 0 Å². The molecule has 0 aliphatic heterocycles. The van der Waals surface area contributed by atoms with Crippen LogP contribution in [0.1, 0.15) is 25.0 Å². The Morgan fingerprint density at radius 2 is 2.05 bits per heavy atom. The lowest BCUT2D eigenvalue weighted by molar-refractivity contribution is 0.106. The zero-order valence-corrected chi connectivity index (χ0v) is 14.0. The molecule has 4 heteroatoms. The van der Waals surface area contributed by atoms with Crippen molar-refractivity contribution in [2.45, 2.75) is 38.5 Å². The lowest BCUT2D eigenvalue weighted by atomic mass is 10.1. The number of aliphatic hydroxyl groups excluding tert-OH is 1. The normalized spacial score (nSPS) is 13.3. The zero-order chi connectivity index (χ0) is 15.2. The summed E-state index contributed by atoms with van der Waals surface area (Å²) in [5.74, 6) is 0.846. The number of aryl methyl sites for hydroxylation is 2. The van der Waals surface area contributed by atoms with E-state index in [4.69, 9.17) is 4.74 Å². The molecule has 0 aliphatic rings. The van der Waals surface area contributed by atoms with Crippen molar-refractivity contribution in [3.8, 4) is 5.75 Å². The van der Waals surface area contributed by atoms with Gasteiger partial charge in [0.15, 0.2) is 0 Å². The molecule has 2 N–H and O–H groups in total. The molecule has 20 heavy (non-hydrogen) atoms. The summed E-state index contributed by atoms with van der Waals surface area (Å²) in [6, 6.07) is 6.07. The first-order valence-corrected chi connectivity index (χ1v) is 8.20. The third-order valence-electron chi connectivity index (χ3n) is 3.24. The van der Waals surface area contributed by atoms with Crippen LogP contribution >= 0.6 is 11.8 Å². The Kier molecular flexibility index (Phi) is 6.86. The summed E-state index contributed by atoms with van der Waals surface area (Å²) in [6.45, 7) is 10.2. The number of hydrogen-bond acceptors (Lipinski definition) is 4. The summed E-state index contributed by atoms with van der Waals surface area (Å²) in [5.41, 5.74) is 2.32. The Balaban J connectivity index is 2.31. The first-order chi connectivity index (χ1) is 9.34. The highest BCUT2D eigenvalue weighted by Gasteiger charge is 2.16. The van der Waals surface area contributed by atoms with Gasteiger partial charge in [-0.15, -0.1) is 0 Å². The maximum atomic E-state index is 9.93. The van der Waals surface area contributed by atoms with E-state index in [1.165, 1.54) is 5.56 Å². The van der Waals surface area contributed by atoms with Crippen LogP contribution in [0, 0.1) is 13.8 Å². The molecule has 0 saturated heterocycles. The van der Waals surface area contributed by atoms with Gasteiger partial charge in [-0.2, -0.15) is 11.8 Å². The van der Waals surface area contributed by atoms with Crippen molar-refractivity contribution in [2.75, 3.05) is 26.0 Å². The Hall–Kier alpha value is -0.710. The highest BCUT2D eigenvalue weighted by Crippen LogP contribution is 2.20. The summed E-state index contributed by atoms with van der Waals surface area (Å²) < 4.78 is 5.86. The molecule has 114 valence electrons. The highest BCUT2D eigenvalue weighted by molar-refractivity contribution is 7.99. The molecule has 0 heterocycles. The highest BCUT2D eigenvalue weighted by atomic mass is 32.2. The van der Waals surface area contributed by atoms with Crippen LogP contribution in [0.2, 0.25) is 0 Å². The van der Waals surface area contributed by atoms with Crippen LogP contribution in [0.15, 0.2) is 18.2 Å². The van der Waals surface area contributed by atoms with Gasteiger partial charge in [0.2, 0.25) is 0 Å². The van der Waals surface area contributed by atoms with Crippen LogP contribution in [0.5, 0.6) is 5.75 Å². The van der Waals surface area contributed by atoms with Gasteiger partial charge in [0.25, 0.3) is 0 Å². The summed E-state index contributed by atoms with van der Waals surface area (Å²) in [5, 5.41) is 13.2. The molecule has 1 unspecified atom stereocenters. The van der Waals surface area contributed by atoms with E-state index in [0.29, 0.717) is 13.2 Å². The first-order valence-electron chi connectivity index (χ1n) is 6.98. The minimum atomic E-state index is -0.492. The van der Waals surface area contributed by atoms with Crippen LogP contribution in [-0.2, 0) is 0 Å². The van der Waals surface area contributed by atoms with E-state index in [2.05, 4.69) is 38.4 Å². The molecule has 0 fully saturated rings. The van der Waals surface area contributed by atoms with Crippen LogP contribution in [0.3, 0.4) is 0 Å². The molecule has 3 nitrogen and oxygen atoms in total. The molecule has 1 atom stereocenters. The van der Waals surface area contributed by atoms with Crippen LogP contribution < -0.4 is 10.1 Å². The van der Waals surface area contributed by atoms with Gasteiger partial charge in [0.1, 0.15) is 18.5 Å². The predicted octanol–water partition coefficient (Wildman–Crippen LogP) is 2.77. The maximum absolute atomic E-state index is 9.93. The number of nitrogens with one attached hydrogen (secondary N) is 1. The van der Waals surface area contributed by atoms with E-state index >= 15 is 0 Å². The molecule has 0 amide bonds. The quantitative estimate of drug-likeness (QED) is 0.774. The van der Waals surface area contributed by atoms with Crippen LogP contribution in [0.4, 0.5) is 0 Å². The average molecular weight is 297 g/mol. The van der Waals surface area contributed by atoms with E-state index in [0.717, 1.165) is 17.9 Å². The van der Waals surface area contributed by atoms with E-state index < -0.39 is 6.10 Å². The van der Waals surface area contributed by atoms with Crippen LogP contribution in [0.25, 0.3) is 0 Å². The average Bonchev–Trinajstić information content (AvgIpc) is 2.37. The van der Waals surface area contributed by atoms with Gasteiger partial charge < -0.3 is 15.2 Å². The van der Waals surface area contributed by atoms with E-state index in [1.807, 2.05) is 30.8 Å². The Labute approximate surface area is 127 Å². The number of rotatable bonds is 8. The van der Waals surface area contributed by atoms with E-state index in [9.17, 15) is 5.11 Å². The topological polar surface area (TPSA) is 41.5 Å². The third kappa shape index (κ3) is 6.16. The molecule has 0 spiro atoms. The van der Waals surface area contributed by atoms with Gasteiger partial charge in [0, 0.05) is 17.8 Å². The molecule has 1 aromatic rings. The number of thioether (sulfide) groups is 1. The lowest BCUT2D eigenvalue weighted by Gasteiger charge is -2.23. The fourth-order valence-electron chi connectivity index (χ4n) is 1.82. The van der Waals surface area contributed by atoms with Gasteiger partial charge in [-0.25, -0.2) is 0 Å². The molecular weight excluding hydrogens is 270 g/mol. The molecule has 0 saturated carbocycles. The zero-order valence-electron chi connectivity index (χ0n) is 13.2. The van der Waals surface area contributed by atoms with Crippen molar-refractivity contribution >= 4 is 11.8 Å². The van der Waals surface area contributed by atoms with E-state index in [-0.39, 0.29) is 4.75 Å². The summed E-state index contributed by atoms with van der Waals surface area (Å²) in [6.07, 6.45) is 1.61. The van der Waals surface area contributed by atoms with E-state index in [1.54, 1.807) is 0 Å². The summed E-state index contributed by atoms with van der Waals surface area (Å²) >= 11 is 1.82. The van der Waals surface area contributed by atoms with Crippen molar-refractivity contribution in [2.24, 2.45) is 0 Å². The molecular formula is C16H27NO2S. The molecule has 0 radical (unpaired) electrons. The van der Waals surface area contributed by atoms with Gasteiger partial charge >= 0.3 is 0 Å². The van der Waals surface area contributed by atoms with Gasteiger partial charge in [-0.05, 0) is 45.6 Å². The largest absolute Gasteiger partial charge is 0.491 e. The third-order valence-corrected chi connectivity index (χ3v) is 4.49. The standard InChI is InChI=1S/C16H27NO2S/c1-12-6-7-15(13(2)8-12)19-10-14(18)9-17-11-16(3,4)20-5/h6-8,14,17-18H,9-11H2,1-5H3. The minimum absolute atomic E-state index is 0.189.